The van der Waals surface area contributed by atoms with Crippen LogP contribution in [0, 0.1) is 5.92 Å². The summed E-state index contributed by atoms with van der Waals surface area (Å²) >= 11 is 0. The summed E-state index contributed by atoms with van der Waals surface area (Å²) < 4.78 is 6.98. The standard InChI is InChI=1S/C29H56NO2/c1-3-4-5-6-7-8-9-10-11-12-13-14-15-16-17-23-29(31)32-26-27-21-20-25-30(2)24-19-18-22-28(27)30/h27-28H,3-26H2,1-2H3/q+1/t27-,28+,30?/m0/s1. The summed E-state index contributed by atoms with van der Waals surface area (Å²) in [6.07, 6.45) is 27.7. The third kappa shape index (κ3) is 11.0. The molecule has 2 fully saturated rings. The number of carbonyl (C=O) groups excluding carboxylic acids is 1. The number of nitrogens with zero attached hydrogens (tertiary/aromatic N) is 1. The van der Waals surface area contributed by atoms with Crippen LogP contribution in [0.5, 0.6) is 0 Å². The molecule has 0 bridgehead atoms. The van der Waals surface area contributed by atoms with Gasteiger partial charge < -0.3 is 9.22 Å². The first-order valence-corrected chi connectivity index (χ1v) is 14.7. The van der Waals surface area contributed by atoms with Gasteiger partial charge in [0, 0.05) is 18.8 Å². The van der Waals surface area contributed by atoms with Crippen molar-refractivity contribution in [1.82, 2.24) is 0 Å². The highest BCUT2D eigenvalue weighted by Crippen LogP contribution is 2.36. The molecule has 0 spiro atoms. The molecular formula is C29H56NO2+. The van der Waals surface area contributed by atoms with E-state index in [9.17, 15) is 4.79 Å². The first-order valence-electron chi connectivity index (χ1n) is 14.7. The fourth-order valence-electron chi connectivity index (χ4n) is 6.34. The summed E-state index contributed by atoms with van der Waals surface area (Å²) in [4.78, 5) is 12.2. The van der Waals surface area contributed by atoms with Crippen molar-refractivity contribution in [3.63, 3.8) is 0 Å². The molecule has 0 N–H and O–H groups in total. The Kier molecular flexibility index (Phi) is 14.7. The molecule has 3 heteroatoms. The molecule has 3 atom stereocenters. The van der Waals surface area contributed by atoms with Gasteiger partial charge in [0.1, 0.15) is 0 Å². The second kappa shape index (κ2) is 17.0. The Morgan fingerprint density at radius 3 is 1.84 bits per heavy atom. The summed E-state index contributed by atoms with van der Waals surface area (Å²) in [6.45, 7) is 5.62. The SMILES string of the molecule is CCCCCCCCCCCCCCCCCC(=O)OC[C@@H]1CCC[N+]2(C)CCCC[C@H]12. The molecule has 0 aromatic carbocycles. The van der Waals surface area contributed by atoms with Crippen LogP contribution in [0.15, 0.2) is 0 Å². The zero-order chi connectivity index (χ0) is 22.9. The Balaban J connectivity index is 1.37. The van der Waals surface area contributed by atoms with E-state index in [1.807, 2.05) is 0 Å². The van der Waals surface area contributed by atoms with E-state index in [-0.39, 0.29) is 5.97 Å². The quantitative estimate of drug-likeness (QED) is 0.119. The number of hydrogen-bond acceptors (Lipinski definition) is 2. The minimum absolute atomic E-state index is 0.0512. The van der Waals surface area contributed by atoms with E-state index in [2.05, 4.69) is 14.0 Å². The van der Waals surface area contributed by atoms with Gasteiger partial charge in [0.15, 0.2) is 0 Å². The van der Waals surface area contributed by atoms with Crippen LogP contribution in [0.4, 0.5) is 0 Å². The van der Waals surface area contributed by atoms with Gasteiger partial charge in [-0.05, 0) is 32.1 Å². The van der Waals surface area contributed by atoms with Crippen molar-refractivity contribution in [2.45, 2.75) is 148 Å². The minimum atomic E-state index is 0.0512. The summed E-state index contributed by atoms with van der Waals surface area (Å²) in [6, 6.07) is 0.732. The van der Waals surface area contributed by atoms with E-state index in [4.69, 9.17) is 4.74 Å². The molecular weight excluding hydrogens is 394 g/mol. The van der Waals surface area contributed by atoms with Crippen molar-refractivity contribution >= 4 is 5.97 Å². The lowest BCUT2D eigenvalue weighted by molar-refractivity contribution is -0.947. The summed E-state index contributed by atoms with van der Waals surface area (Å²) in [5.74, 6) is 0.648. The number of carbonyl (C=O) groups is 1. The molecule has 32 heavy (non-hydrogen) atoms. The van der Waals surface area contributed by atoms with Crippen LogP contribution in [-0.2, 0) is 9.53 Å². The maximum absolute atomic E-state index is 12.2. The molecule has 2 aliphatic rings. The fraction of sp³-hybridized carbons (Fsp3) is 0.966. The van der Waals surface area contributed by atoms with E-state index in [0.29, 0.717) is 18.9 Å². The molecule has 2 aliphatic heterocycles. The Morgan fingerprint density at radius 1 is 0.719 bits per heavy atom. The normalized spacial score (nSPS) is 25.4. The van der Waals surface area contributed by atoms with E-state index in [0.717, 1.165) is 12.5 Å². The number of piperidine rings is 2. The van der Waals surface area contributed by atoms with Gasteiger partial charge in [-0.1, -0.05) is 96.8 Å². The van der Waals surface area contributed by atoms with Gasteiger partial charge in [0.05, 0.1) is 32.8 Å². The van der Waals surface area contributed by atoms with Crippen LogP contribution in [0.25, 0.3) is 0 Å². The van der Waals surface area contributed by atoms with Gasteiger partial charge in [-0.15, -0.1) is 0 Å². The lowest BCUT2D eigenvalue weighted by Gasteiger charge is -2.51. The summed E-state index contributed by atoms with van der Waals surface area (Å²) in [5.41, 5.74) is 0. The molecule has 0 aromatic heterocycles. The smallest absolute Gasteiger partial charge is 0.305 e. The first-order chi connectivity index (χ1) is 15.7. The van der Waals surface area contributed by atoms with Gasteiger partial charge in [0.2, 0.25) is 0 Å². The highest BCUT2D eigenvalue weighted by Gasteiger charge is 2.43. The Bertz CT molecular complexity index is 476. The number of fused-ring (bicyclic) bond motifs is 1. The van der Waals surface area contributed by atoms with E-state index >= 15 is 0 Å². The molecule has 0 saturated carbocycles. The highest BCUT2D eigenvalue weighted by molar-refractivity contribution is 5.69. The van der Waals surface area contributed by atoms with Crippen LogP contribution in [0.3, 0.4) is 0 Å². The highest BCUT2D eigenvalue weighted by atomic mass is 16.5. The van der Waals surface area contributed by atoms with Gasteiger partial charge in [-0.3, -0.25) is 4.79 Å². The molecule has 0 aromatic rings. The zero-order valence-electron chi connectivity index (χ0n) is 21.9. The number of hydrogen-bond donors (Lipinski definition) is 0. The molecule has 188 valence electrons. The molecule has 2 saturated heterocycles. The first kappa shape index (κ1) is 27.7. The number of quaternary nitrogens is 1. The largest absolute Gasteiger partial charge is 0.465 e. The molecule has 0 amide bonds. The van der Waals surface area contributed by atoms with Gasteiger partial charge >= 0.3 is 5.97 Å². The predicted molar refractivity (Wildman–Crippen MR) is 137 cm³/mol. The average molecular weight is 451 g/mol. The lowest BCUT2D eigenvalue weighted by Crippen LogP contribution is -2.61. The van der Waals surface area contributed by atoms with Crippen LogP contribution >= 0.6 is 0 Å². The molecule has 0 radical (unpaired) electrons. The fourth-order valence-corrected chi connectivity index (χ4v) is 6.34. The molecule has 0 aliphatic carbocycles. The monoisotopic (exact) mass is 450 g/mol. The predicted octanol–water partition coefficient (Wildman–Crippen LogP) is 8.20. The minimum Gasteiger partial charge on any atom is -0.465 e. The Morgan fingerprint density at radius 2 is 1.25 bits per heavy atom. The van der Waals surface area contributed by atoms with Crippen molar-refractivity contribution in [2.75, 3.05) is 26.7 Å². The van der Waals surface area contributed by atoms with E-state index in [1.54, 1.807) is 0 Å². The summed E-state index contributed by atoms with van der Waals surface area (Å²) in [7, 11) is 2.44. The summed E-state index contributed by atoms with van der Waals surface area (Å²) in [5, 5.41) is 0. The third-order valence-electron chi connectivity index (χ3n) is 8.45. The van der Waals surface area contributed by atoms with Crippen molar-refractivity contribution in [3.05, 3.63) is 0 Å². The van der Waals surface area contributed by atoms with Crippen LogP contribution < -0.4 is 0 Å². The van der Waals surface area contributed by atoms with Gasteiger partial charge in [-0.25, -0.2) is 0 Å². The maximum Gasteiger partial charge on any atom is 0.305 e. The Hall–Kier alpha value is -0.570. The lowest BCUT2D eigenvalue weighted by atomic mass is 9.82. The van der Waals surface area contributed by atoms with E-state index in [1.165, 1.54) is 140 Å². The van der Waals surface area contributed by atoms with Gasteiger partial charge in [0.25, 0.3) is 0 Å². The maximum atomic E-state index is 12.2. The number of unbranched alkanes of at least 4 members (excludes halogenated alkanes) is 14. The van der Waals surface area contributed by atoms with Crippen LogP contribution in [0.2, 0.25) is 0 Å². The van der Waals surface area contributed by atoms with Crippen molar-refractivity contribution in [2.24, 2.45) is 5.92 Å². The number of rotatable bonds is 18. The number of esters is 1. The average Bonchev–Trinajstić information content (AvgIpc) is 2.79. The second-order valence-electron chi connectivity index (χ2n) is 11.3. The molecule has 2 heterocycles. The third-order valence-corrected chi connectivity index (χ3v) is 8.45. The van der Waals surface area contributed by atoms with Crippen molar-refractivity contribution < 1.29 is 14.0 Å². The van der Waals surface area contributed by atoms with Gasteiger partial charge in [-0.2, -0.15) is 0 Å². The molecule has 3 nitrogen and oxygen atoms in total. The molecule has 2 rings (SSSR count). The van der Waals surface area contributed by atoms with Crippen LogP contribution in [0.1, 0.15) is 142 Å². The topological polar surface area (TPSA) is 26.3 Å². The number of ether oxygens (including phenoxy) is 1. The second-order valence-corrected chi connectivity index (χ2v) is 11.3. The molecule has 1 unspecified atom stereocenters. The zero-order valence-corrected chi connectivity index (χ0v) is 21.9. The van der Waals surface area contributed by atoms with Crippen LogP contribution in [-0.4, -0.2) is 43.2 Å². The van der Waals surface area contributed by atoms with Crippen molar-refractivity contribution in [3.8, 4) is 0 Å². The van der Waals surface area contributed by atoms with Crippen molar-refractivity contribution in [1.29, 1.82) is 0 Å². The Labute approximate surface area is 200 Å². The van der Waals surface area contributed by atoms with E-state index < -0.39 is 0 Å².